The third kappa shape index (κ3) is 3.25. The Hall–Kier alpha value is -2.25. The minimum Gasteiger partial charge on any atom is -0.478 e. The Bertz CT molecular complexity index is 734. The maximum atomic E-state index is 12.9. The molecule has 0 spiro atoms. The van der Waals surface area contributed by atoms with Crippen LogP contribution in [0.25, 0.3) is 11.0 Å². The van der Waals surface area contributed by atoms with Crippen molar-refractivity contribution >= 4 is 16.9 Å². The SMILES string of the molecule is CCCc1c(OC(C)(C)C(=O)O)ccc2c(C(F)(F)F)noc12. The summed E-state index contributed by atoms with van der Waals surface area (Å²) in [7, 11) is 0. The van der Waals surface area contributed by atoms with Gasteiger partial charge in [0.1, 0.15) is 5.75 Å². The summed E-state index contributed by atoms with van der Waals surface area (Å²) in [6, 6.07) is 2.51. The van der Waals surface area contributed by atoms with Crippen LogP contribution in [-0.2, 0) is 17.4 Å². The zero-order valence-electron chi connectivity index (χ0n) is 12.8. The van der Waals surface area contributed by atoms with Gasteiger partial charge in [-0.25, -0.2) is 4.79 Å². The molecule has 0 amide bonds. The minimum absolute atomic E-state index is 0.0298. The van der Waals surface area contributed by atoms with Crippen LogP contribution in [0, 0.1) is 0 Å². The van der Waals surface area contributed by atoms with Gasteiger partial charge in [0.2, 0.25) is 0 Å². The van der Waals surface area contributed by atoms with Crippen LogP contribution in [0.2, 0.25) is 0 Å². The van der Waals surface area contributed by atoms with E-state index in [2.05, 4.69) is 5.16 Å². The number of nitrogens with zero attached hydrogens (tertiary/aromatic N) is 1. The average Bonchev–Trinajstić information content (AvgIpc) is 2.85. The first-order valence-corrected chi connectivity index (χ1v) is 6.98. The lowest BCUT2D eigenvalue weighted by Crippen LogP contribution is -2.38. The molecule has 0 unspecified atom stereocenters. The largest absolute Gasteiger partial charge is 0.478 e. The third-order valence-electron chi connectivity index (χ3n) is 3.35. The molecule has 0 aliphatic heterocycles. The first-order chi connectivity index (χ1) is 10.6. The summed E-state index contributed by atoms with van der Waals surface area (Å²) in [6.45, 7) is 4.56. The zero-order valence-corrected chi connectivity index (χ0v) is 12.8. The molecular weight excluding hydrogens is 315 g/mol. The Morgan fingerprint density at radius 1 is 1.35 bits per heavy atom. The molecule has 0 saturated heterocycles. The van der Waals surface area contributed by atoms with Crippen molar-refractivity contribution in [2.75, 3.05) is 0 Å². The number of aryl methyl sites for hydroxylation is 1. The maximum absolute atomic E-state index is 12.9. The molecule has 2 aromatic rings. The average molecular weight is 331 g/mol. The number of rotatable bonds is 5. The molecule has 0 bridgehead atoms. The van der Waals surface area contributed by atoms with Crippen LogP contribution in [0.4, 0.5) is 13.2 Å². The summed E-state index contributed by atoms with van der Waals surface area (Å²) in [5.41, 5.74) is -2.28. The monoisotopic (exact) mass is 331 g/mol. The van der Waals surface area contributed by atoms with E-state index in [4.69, 9.17) is 14.4 Å². The Kier molecular flexibility index (Phi) is 4.28. The number of aliphatic carboxylic acids is 1. The fraction of sp³-hybridized carbons (Fsp3) is 0.467. The second kappa shape index (κ2) is 5.75. The number of ether oxygens (including phenoxy) is 1. The van der Waals surface area contributed by atoms with Gasteiger partial charge in [0.25, 0.3) is 0 Å². The molecule has 5 nitrogen and oxygen atoms in total. The van der Waals surface area contributed by atoms with E-state index >= 15 is 0 Å². The summed E-state index contributed by atoms with van der Waals surface area (Å²) in [5.74, 6) is -1.01. The first kappa shape index (κ1) is 17.1. The van der Waals surface area contributed by atoms with Gasteiger partial charge in [0.15, 0.2) is 16.9 Å². The Balaban J connectivity index is 2.59. The standard InChI is InChI=1S/C15H16F3NO4/c1-4-5-8-10(22-14(2,3)13(20)21)7-6-9-11(8)23-19-12(9)15(16,17)18/h6-7H,4-5H2,1-3H3,(H,20,21). The Labute approximate surface area is 130 Å². The fourth-order valence-corrected chi connectivity index (χ4v) is 2.15. The molecule has 1 heterocycles. The lowest BCUT2D eigenvalue weighted by Gasteiger charge is -2.23. The molecule has 0 atom stereocenters. The highest BCUT2D eigenvalue weighted by Gasteiger charge is 2.38. The molecule has 0 fully saturated rings. The number of hydrogen-bond acceptors (Lipinski definition) is 4. The van der Waals surface area contributed by atoms with E-state index < -0.39 is 23.4 Å². The molecule has 0 aliphatic rings. The molecule has 1 aromatic carbocycles. The highest BCUT2D eigenvalue weighted by Crippen LogP contribution is 2.38. The fourth-order valence-electron chi connectivity index (χ4n) is 2.15. The molecule has 0 aliphatic carbocycles. The van der Waals surface area contributed by atoms with Gasteiger partial charge in [0.05, 0.1) is 5.39 Å². The first-order valence-electron chi connectivity index (χ1n) is 6.98. The number of aromatic nitrogens is 1. The molecule has 23 heavy (non-hydrogen) atoms. The number of carboxylic acids is 1. The van der Waals surface area contributed by atoms with Gasteiger partial charge in [-0.3, -0.25) is 0 Å². The maximum Gasteiger partial charge on any atom is 0.437 e. The number of carboxylic acid groups (broad SMARTS) is 1. The summed E-state index contributed by atoms with van der Waals surface area (Å²) < 4.78 is 49.1. The van der Waals surface area contributed by atoms with E-state index in [0.29, 0.717) is 18.4 Å². The molecule has 1 aromatic heterocycles. The van der Waals surface area contributed by atoms with Crippen LogP contribution in [-0.4, -0.2) is 21.8 Å². The van der Waals surface area contributed by atoms with Crippen molar-refractivity contribution < 1.29 is 32.3 Å². The summed E-state index contributed by atoms with van der Waals surface area (Å²) in [4.78, 5) is 11.2. The zero-order chi connectivity index (χ0) is 17.4. The lowest BCUT2D eigenvalue weighted by atomic mass is 10.0. The van der Waals surface area contributed by atoms with Crippen LogP contribution in [0.5, 0.6) is 5.75 Å². The van der Waals surface area contributed by atoms with E-state index in [1.54, 1.807) is 0 Å². The summed E-state index contributed by atoms with van der Waals surface area (Å²) in [6.07, 6.45) is -3.64. The Morgan fingerprint density at radius 3 is 2.52 bits per heavy atom. The number of carbonyl (C=O) groups is 1. The number of halogens is 3. The molecule has 0 radical (unpaired) electrons. The van der Waals surface area contributed by atoms with Gasteiger partial charge < -0.3 is 14.4 Å². The van der Waals surface area contributed by atoms with Crippen molar-refractivity contribution in [3.8, 4) is 5.75 Å². The van der Waals surface area contributed by atoms with Gasteiger partial charge in [0, 0.05) is 5.56 Å². The number of alkyl halides is 3. The van der Waals surface area contributed by atoms with Crippen LogP contribution in [0.15, 0.2) is 16.7 Å². The van der Waals surface area contributed by atoms with Crippen molar-refractivity contribution in [1.82, 2.24) is 5.16 Å². The second-order valence-electron chi connectivity index (χ2n) is 5.62. The summed E-state index contributed by atoms with van der Waals surface area (Å²) in [5, 5.41) is 12.1. The molecule has 0 saturated carbocycles. The van der Waals surface area contributed by atoms with Crippen molar-refractivity contribution in [2.24, 2.45) is 0 Å². The molecule has 8 heteroatoms. The normalized spacial score (nSPS) is 12.6. The number of hydrogen-bond donors (Lipinski definition) is 1. The summed E-state index contributed by atoms with van der Waals surface area (Å²) >= 11 is 0. The van der Waals surface area contributed by atoms with E-state index in [1.807, 2.05) is 6.92 Å². The smallest absolute Gasteiger partial charge is 0.437 e. The van der Waals surface area contributed by atoms with Crippen LogP contribution in [0.1, 0.15) is 38.4 Å². The predicted molar refractivity (Wildman–Crippen MR) is 75.3 cm³/mol. The van der Waals surface area contributed by atoms with Gasteiger partial charge in [-0.05, 0) is 32.4 Å². The highest BCUT2D eigenvalue weighted by atomic mass is 19.4. The van der Waals surface area contributed by atoms with Gasteiger partial charge in [-0.2, -0.15) is 13.2 Å². The van der Waals surface area contributed by atoms with E-state index in [0.717, 1.165) is 0 Å². The Morgan fingerprint density at radius 2 is 2.00 bits per heavy atom. The second-order valence-corrected chi connectivity index (χ2v) is 5.62. The highest BCUT2D eigenvalue weighted by molar-refractivity contribution is 5.85. The third-order valence-corrected chi connectivity index (χ3v) is 3.35. The van der Waals surface area contributed by atoms with Crippen molar-refractivity contribution in [3.63, 3.8) is 0 Å². The van der Waals surface area contributed by atoms with E-state index in [9.17, 15) is 18.0 Å². The van der Waals surface area contributed by atoms with Gasteiger partial charge >= 0.3 is 12.1 Å². The van der Waals surface area contributed by atoms with Gasteiger partial charge in [-0.1, -0.05) is 18.5 Å². The number of benzene rings is 1. The van der Waals surface area contributed by atoms with Crippen molar-refractivity contribution in [3.05, 3.63) is 23.4 Å². The molecule has 2 rings (SSSR count). The molecular formula is C15H16F3NO4. The molecule has 126 valence electrons. The van der Waals surface area contributed by atoms with Crippen LogP contribution in [0.3, 0.4) is 0 Å². The minimum atomic E-state index is -4.63. The molecule has 1 N–H and O–H groups in total. The van der Waals surface area contributed by atoms with Crippen molar-refractivity contribution in [1.29, 1.82) is 0 Å². The van der Waals surface area contributed by atoms with E-state index in [-0.39, 0.29) is 16.7 Å². The van der Waals surface area contributed by atoms with E-state index in [1.165, 1.54) is 26.0 Å². The predicted octanol–water partition coefficient (Wildman–Crippen LogP) is 4.04. The lowest BCUT2D eigenvalue weighted by molar-refractivity contribution is -0.152. The quantitative estimate of drug-likeness (QED) is 0.895. The topological polar surface area (TPSA) is 72.6 Å². The van der Waals surface area contributed by atoms with Crippen molar-refractivity contribution in [2.45, 2.75) is 45.4 Å². The van der Waals surface area contributed by atoms with Crippen LogP contribution < -0.4 is 4.74 Å². The number of fused-ring (bicyclic) bond motifs is 1. The van der Waals surface area contributed by atoms with Crippen LogP contribution >= 0.6 is 0 Å². The van der Waals surface area contributed by atoms with Gasteiger partial charge in [-0.15, -0.1) is 0 Å².